The highest BCUT2D eigenvalue weighted by atomic mass is 32.2. The van der Waals surface area contributed by atoms with Gasteiger partial charge in [0.1, 0.15) is 11.5 Å². The van der Waals surface area contributed by atoms with Gasteiger partial charge < -0.3 is 10.6 Å². The number of carbonyl (C=O) groups is 1. The molecule has 0 fully saturated rings. The summed E-state index contributed by atoms with van der Waals surface area (Å²) in [5.74, 6) is -0.618. The Labute approximate surface area is 204 Å². The van der Waals surface area contributed by atoms with Crippen molar-refractivity contribution in [1.82, 2.24) is 14.5 Å². The molecular formula is C26H20FN5O2S. The van der Waals surface area contributed by atoms with Gasteiger partial charge >= 0.3 is 6.03 Å². The standard InChI is InChI=1S/C26H20FN5O2S/c1-32-23-17(14-28-26(31-23)35-2)12-19(24(32)33)16-10-11-20(27)22(13-16)30-25(34)29-21-9-5-7-15-6-3-4-8-18(15)21/h3-14H,1-2H3,(H2,29,30,34). The van der Waals surface area contributed by atoms with E-state index in [1.807, 2.05) is 42.7 Å². The Morgan fingerprint density at radius 2 is 1.74 bits per heavy atom. The Kier molecular flexibility index (Phi) is 5.92. The van der Waals surface area contributed by atoms with Gasteiger partial charge in [-0.15, -0.1) is 0 Å². The number of aryl methyl sites for hydroxylation is 1. The molecule has 2 aromatic heterocycles. The quantitative estimate of drug-likeness (QED) is 0.254. The number of thioether (sulfide) groups is 1. The molecule has 0 radical (unpaired) electrons. The first-order chi connectivity index (χ1) is 16.9. The van der Waals surface area contributed by atoms with Crippen LogP contribution in [0.4, 0.5) is 20.6 Å². The first kappa shape index (κ1) is 22.5. The van der Waals surface area contributed by atoms with Gasteiger partial charge in [-0.1, -0.05) is 54.2 Å². The van der Waals surface area contributed by atoms with Gasteiger partial charge in [0.15, 0.2) is 5.16 Å². The number of hydrogen-bond acceptors (Lipinski definition) is 5. The number of aromatic nitrogens is 3. The summed E-state index contributed by atoms with van der Waals surface area (Å²) < 4.78 is 16.0. The van der Waals surface area contributed by atoms with Crippen LogP contribution >= 0.6 is 11.8 Å². The van der Waals surface area contributed by atoms with Crippen LogP contribution in [-0.4, -0.2) is 26.8 Å². The van der Waals surface area contributed by atoms with Crippen molar-refractivity contribution >= 4 is 51.0 Å². The second-order valence-corrected chi connectivity index (χ2v) is 8.63. The molecule has 5 aromatic rings. The highest BCUT2D eigenvalue weighted by Crippen LogP contribution is 2.27. The monoisotopic (exact) mass is 485 g/mol. The molecule has 2 N–H and O–H groups in total. The summed E-state index contributed by atoms with van der Waals surface area (Å²) in [6.07, 6.45) is 3.51. The first-order valence-corrected chi connectivity index (χ1v) is 11.9. The van der Waals surface area contributed by atoms with Gasteiger partial charge in [0.2, 0.25) is 0 Å². The smallest absolute Gasteiger partial charge is 0.307 e. The molecule has 0 aliphatic rings. The number of rotatable bonds is 4. The number of urea groups is 1. The van der Waals surface area contributed by atoms with E-state index in [0.717, 1.165) is 10.8 Å². The molecule has 0 aliphatic carbocycles. The van der Waals surface area contributed by atoms with Crippen LogP contribution < -0.4 is 16.2 Å². The molecule has 0 bridgehead atoms. The van der Waals surface area contributed by atoms with Crippen molar-refractivity contribution in [2.24, 2.45) is 7.05 Å². The zero-order valence-corrected chi connectivity index (χ0v) is 19.7. The van der Waals surface area contributed by atoms with E-state index in [1.54, 1.807) is 25.4 Å². The predicted octanol–water partition coefficient (Wildman–Crippen LogP) is 5.65. The molecule has 0 saturated carbocycles. The van der Waals surface area contributed by atoms with Crippen molar-refractivity contribution in [2.75, 3.05) is 16.9 Å². The summed E-state index contributed by atoms with van der Waals surface area (Å²) in [6, 6.07) is 18.4. The molecule has 35 heavy (non-hydrogen) atoms. The minimum absolute atomic E-state index is 0.0450. The topological polar surface area (TPSA) is 88.9 Å². The SMILES string of the molecule is CSc1ncc2cc(-c3ccc(F)c(NC(=O)Nc4cccc5ccccc45)c3)c(=O)n(C)c2n1. The average Bonchev–Trinajstić information content (AvgIpc) is 2.87. The minimum Gasteiger partial charge on any atom is -0.307 e. The predicted molar refractivity (Wildman–Crippen MR) is 139 cm³/mol. The van der Waals surface area contributed by atoms with Gasteiger partial charge in [-0.25, -0.2) is 19.2 Å². The Morgan fingerprint density at radius 3 is 2.57 bits per heavy atom. The molecule has 3 aromatic carbocycles. The van der Waals surface area contributed by atoms with Crippen molar-refractivity contribution in [3.05, 3.63) is 89.1 Å². The lowest BCUT2D eigenvalue weighted by Crippen LogP contribution is -2.21. The number of hydrogen-bond donors (Lipinski definition) is 2. The lowest BCUT2D eigenvalue weighted by Gasteiger charge is -2.13. The summed E-state index contributed by atoms with van der Waals surface area (Å²) in [6.45, 7) is 0. The van der Waals surface area contributed by atoms with E-state index in [9.17, 15) is 14.0 Å². The Hall–Kier alpha value is -4.24. The van der Waals surface area contributed by atoms with Crippen LogP contribution in [0.3, 0.4) is 0 Å². The van der Waals surface area contributed by atoms with Crippen molar-refractivity contribution in [1.29, 1.82) is 0 Å². The second kappa shape index (κ2) is 9.19. The Balaban J connectivity index is 1.47. The number of fused-ring (bicyclic) bond motifs is 2. The molecule has 0 saturated heterocycles. The zero-order chi connectivity index (χ0) is 24.5. The van der Waals surface area contributed by atoms with Crippen molar-refractivity contribution in [3.8, 4) is 11.1 Å². The fraction of sp³-hybridized carbons (Fsp3) is 0.0769. The molecule has 0 unspecified atom stereocenters. The van der Waals surface area contributed by atoms with Crippen molar-refractivity contribution < 1.29 is 9.18 Å². The summed E-state index contributed by atoms with van der Waals surface area (Å²) in [5.41, 5.74) is 1.58. The number of carbonyl (C=O) groups excluding carboxylic acids is 1. The van der Waals surface area contributed by atoms with Crippen LogP contribution in [0.15, 0.2) is 82.9 Å². The molecule has 2 amide bonds. The van der Waals surface area contributed by atoms with Crippen molar-refractivity contribution in [2.45, 2.75) is 5.16 Å². The van der Waals surface area contributed by atoms with E-state index in [1.165, 1.54) is 34.5 Å². The number of nitrogens with one attached hydrogen (secondary N) is 2. The van der Waals surface area contributed by atoms with E-state index < -0.39 is 11.8 Å². The molecule has 0 spiro atoms. The van der Waals surface area contributed by atoms with Crippen LogP contribution in [0.5, 0.6) is 0 Å². The highest BCUT2D eigenvalue weighted by molar-refractivity contribution is 7.98. The Bertz CT molecular complexity index is 1660. The number of nitrogens with zero attached hydrogens (tertiary/aromatic N) is 3. The van der Waals surface area contributed by atoms with E-state index >= 15 is 0 Å². The maximum atomic E-state index is 14.6. The maximum absolute atomic E-state index is 14.6. The maximum Gasteiger partial charge on any atom is 0.323 e. The Morgan fingerprint density at radius 1 is 0.971 bits per heavy atom. The number of benzene rings is 3. The molecule has 5 rings (SSSR count). The van der Waals surface area contributed by atoms with E-state index in [-0.39, 0.29) is 11.2 Å². The average molecular weight is 486 g/mol. The number of amides is 2. The fourth-order valence-corrected chi connectivity index (χ4v) is 4.27. The van der Waals surface area contributed by atoms with E-state index in [4.69, 9.17) is 0 Å². The molecule has 0 atom stereocenters. The molecule has 174 valence electrons. The summed E-state index contributed by atoms with van der Waals surface area (Å²) in [4.78, 5) is 34.5. The third kappa shape index (κ3) is 4.33. The largest absolute Gasteiger partial charge is 0.323 e. The zero-order valence-electron chi connectivity index (χ0n) is 18.9. The van der Waals surface area contributed by atoms with Crippen LogP contribution in [0.2, 0.25) is 0 Å². The molecule has 9 heteroatoms. The number of halogens is 1. The van der Waals surface area contributed by atoms with Crippen LogP contribution in [-0.2, 0) is 7.05 Å². The molecule has 7 nitrogen and oxygen atoms in total. The van der Waals surface area contributed by atoms with Gasteiger partial charge in [0, 0.05) is 29.6 Å². The highest BCUT2D eigenvalue weighted by Gasteiger charge is 2.15. The van der Waals surface area contributed by atoms with Gasteiger partial charge in [-0.3, -0.25) is 9.36 Å². The summed E-state index contributed by atoms with van der Waals surface area (Å²) in [5, 5.41) is 8.41. The van der Waals surface area contributed by atoms with Gasteiger partial charge in [0.05, 0.1) is 11.4 Å². The van der Waals surface area contributed by atoms with Crippen LogP contribution in [0, 0.1) is 5.82 Å². The number of anilines is 2. The number of pyridine rings is 1. The van der Waals surface area contributed by atoms with Gasteiger partial charge in [0.25, 0.3) is 5.56 Å². The molecule has 2 heterocycles. The molecular weight excluding hydrogens is 465 g/mol. The fourth-order valence-electron chi connectivity index (χ4n) is 3.94. The van der Waals surface area contributed by atoms with Crippen molar-refractivity contribution in [3.63, 3.8) is 0 Å². The third-order valence-corrected chi connectivity index (χ3v) is 6.23. The van der Waals surface area contributed by atoms with E-state index in [0.29, 0.717) is 33.0 Å². The summed E-state index contributed by atoms with van der Waals surface area (Å²) in [7, 11) is 1.63. The summed E-state index contributed by atoms with van der Waals surface area (Å²) >= 11 is 1.38. The first-order valence-electron chi connectivity index (χ1n) is 10.7. The van der Waals surface area contributed by atoms with Gasteiger partial charge in [-0.2, -0.15) is 0 Å². The van der Waals surface area contributed by atoms with Crippen LogP contribution in [0.25, 0.3) is 32.9 Å². The lowest BCUT2D eigenvalue weighted by molar-refractivity contribution is 0.262. The van der Waals surface area contributed by atoms with E-state index in [2.05, 4.69) is 20.6 Å². The second-order valence-electron chi connectivity index (χ2n) is 7.86. The van der Waals surface area contributed by atoms with Gasteiger partial charge in [-0.05, 0) is 41.5 Å². The minimum atomic E-state index is -0.618. The van der Waals surface area contributed by atoms with Crippen LogP contribution in [0.1, 0.15) is 0 Å². The molecule has 0 aliphatic heterocycles. The third-order valence-electron chi connectivity index (χ3n) is 5.67. The lowest BCUT2D eigenvalue weighted by atomic mass is 10.1. The normalized spacial score (nSPS) is 11.1.